The molecule has 9 heteroatoms. The second kappa shape index (κ2) is 7.27. The molecule has 0 bridgehead atoms. The van der Waals surface area contributed by atoms with E-state index in [0.717, 1.165) is 6.42 Å². The maximum atomic E-state index is 12.6. The topological polar surface area (TPSA) is 97.5 Å². The summed E-state index contributed by atoms with van der Waals surface area (Å²) in [5, 5.41) is 0. The fourth-order valence-corrected chi connectivity index (χ4v) is 4.92. The largest absolute Gasteiger partial charge is 0.327 e. The van der Waals surface area contributed by atoms with Gasteiger partial charge in [-0.25, -0.2) is 16.8 Å². The van der Waals surface area contributed by atoms with Gasteiger partial charge in [-0.05, 0) is 31.0 Å². The number of rotatable bonds is 4. The van der Waals surface area contributed by atoms with Crippen molar-refractivity contribution in [2.24, 2.45) is 5.73 Å². The molecule has 1 aliphatic heterocycles. The van der Waals surface area contributed by atoms with E-state index in [1.807, 2.05) is 0 Å². The number of sulfone groups is 1. The van der Waals surface area contributed by atoms with E-state index in [9.17, 15) is 16.8 Å². The normalized spacial score (nSPS) is 20.4. The molecule has 0 aliphatic carbocycles. The second-order valence-corrected chi connectivity index (χ2v) is 9.36. The predicted molar refractivity (Wildman–Crippen MR) is 87.4 cm³/mol. The molecular formula is C13H21ClN2O4S2. The van der Waals surface area contributed by atoms with Crippen LogP contribution in [0.3, 0.4) is 0 Å². The fourth-order valence-electron chi connectivity index (χ4n) is 2.34. The van der Waals surface area contributed by atoms with Crippen molar-refractivity contribution in [2.75, 3.05) is 18.8 Å². The van der Waals surface area contributed by atoms with Crippen LogP contribution in [0.1, 0.15) is 19.8 Å². The van der Waals surface area contributed by atoms with E-state index in [2.05, 4.69) is 0 Å². The number of nitrogens with two attached hydrogens (primary N) is 1. The minimum Gasteiger partial charge on any atom is -0.327 e. The molecule has 6 nitrogen and oxygen atoms in total. The number of halogens is 1. The van der Waals surface area contributed by atoms with Crippen LogP contribution in [0.15, 0.2) is 34.1 Å². The Labute approximate surface area is 138 Å². The van der Waals surface area contributed by atoms with Crippen LogP contribution in [-0.2, 0) is 19.9 Å². The highest BCUT2D eigenvalue weighted by Gasteiger charge is 2.29. The Kier molecular flexibility index (Phi) is 6.40. The van der Waals surface area contributed by atoms with Crippen molar-refractivity contribution in [3.63, 3.8) is 0 Å². The first-order valence-electron chi connectivity index (χ1n) is 6.86. The molecule has 0 radical (unpaired) electrons. The number of benzene rings is 1. The van der Waals surface area contributed by atoms with Gasteiger partial charge in [-0.1, -0.05) is 13.0 Å². The lowest BCUT2D eigenvalue weighted by Crippen LogP contribution is -2.45. The van der Waals surface area contributed by atoms with Crippen molar-refractivity contribution in [3.05, 3.63) is 24.3 Å². The van der Waals surface area contributed by atoms with E-state index in [-0.39, 0.29) is 40.5 Å². The molecular weight excluding hydrogens is 348 g/mol. The number of piperidine rings is 1. The van der Waals surface area contributed by atoms with Crippen LogP contribution in [0.2, 0.25) is 0 Å². The Morgan fingerprint density at radius 3 is 2.45 bits per heavy atom. The molecule has 1 saturated heterocycles. The van der Waals surface area contributed by atoms with E-state index >= 15 is 0 Å². The van der Waals surface area contributed by atoms with Crippen LogP contribution in [-0.4, -0.2) is 46.0 Å². The molecule has 2 rings (SSSR count). The van der Waals surface area contributed by atoms with Crippen LogP contribution in [0.25, 0.3) is 0 Å². The molecule has 0 saturated carbocycles. The maximum absolute atomic E-state index is 12.6. The molecule has 1 aliphatic rings. The van der Waals surface area contributed by atoms with Gasteiger partial charge in [0, 0.05) is 19.1 Å². The van der Waals surface area contributed by atoms with Gasteiger partial charge in [0.15, 0.2) is 9.84 Å². The quantitative estimate of drug-likeness (QED) is 0.855. The van der Waals surface area contributed by atoms with Crippen LogP contribution >= 0.6 is 12.4 Å². The zero-order valence-corrected chi connectivity index (χ0v) is 14.8. The molecule has 1 fully saturated rings. The van der Waals surface area contributed by atoms with E-state index in [4.69, 9.17) is 5.73 Å². The zero-order valence-electron chi connectivity index (χ0n) is 12.3. The van der Waals surface area contributed by atoms with Gasteiger partial charge in [0.05, 0.1) is 15.5 Å². The molecule has 0 amide bonds. The molecule has 1 aromatic carbocycles. The SMILES string of the molecule is CCS(=O)(=O)c1cccc(S(=O)(=O)N2CCCC(N)C2)c1.Cl. The molecule has 1 aromatic rings. The summed E-state index contributed by atoms with van der Waals surface area (Å²) in [4.78, 5) is 0.0403. The molecule has 0 spiro atoms. The average Bonchev–Trinajstić information content (AvgIpc) is 2.47. The summed E-state index contributed by atoms with van der Waals surface area (Å²) in [7, 11) is -7.13. The summed E-state index contributed by atoms with van der Waals surface area (Å²) in [6, 6.07) is 5.36. The Balaban J connectivity index is 0.00000242. The summed E-state index contributed by atoms with van der Waals surface area (Å²) < 4.78 is 50.2. The fraction of sp³-hybridized carbons (Fsp3) is 0.538. The maximum Gasteiger partial charge on any atom is 0.243 e. The average molecular weight is 369 g/mol. The van der Waals surface area contributed by atoms with Gasteiger partial charge >= 0.3 is 0 Å². The van der Waals surface area contributed by atoms with Gasteiger partial charge in [-0.3, -0.25) is 0 Å². The summed E-state index contributed by atoms with van der Waals surface area (Å²) in [5.74, 6) is -0.0644. The van der Waals surface area contributed by atoms with Gasteiger partial charge < -0.3 is 5.73 Å². The predicted octanol–water partition coefficient (Wildman–Crippen LogP) is 1.01. The van der Waals surface area contributed by atoms with Crippen molar-refractivity contribution >= 4 is 32.3 Å². The lowest BCUT2D eigenvalue weighted by atomic mass is 10.1. The molecule has 2 N–H and O–H groups in total. The minimum atomic E-state index is -3.70. The lowest BCUT2D eigenvalue weighted by Gasteiger charge is -2.29. The van der Waals surface area contributed by atoms with Gasteiger partial charge in [0.25, 0.3) is 0 Å². The van der Waals surface area contributed by atoms with Gasteiger partial charge in [-0.15, -0.1) is 12.4 Å². The first-order chi connectivity index (χ1) is 9.77. The highest BCUT2D eigenvalue weighted by atomic mass is 35.5. The van der Waals surface area contributed by atoms with Crippen molar-refractivity contribution < 1.29 is 16.8 Å². The van der Waals surface area contributed by atoms with Gasteiger partial charge in [0.2, 0.25) is 10.0 Å². The van der Waals surface area contributed by atoms with E-state index in [1.165, 1.54) is 35.5 Å². The zero-order chi connectivity index (χ0) is 15.7. The summed E-state index contributed by atoms with van der Waals surface area (Å²) >= 11 is 0. The Morgan fingerprint density at radius 1 is 1.23 bits per heavy atom. The molecule has 0 aromatic heterocycles. The number of hydrogen-bond donors (Lipinski definition) is 1. The summed E-state index contributed by atoms with van der Waals surface area (Å²) in [5.41, 5.74) is 5.82. The van der Waals surface area contributed by atoms with Gasteiger partial charge in [-0.2, -0.15) is 4.31 Å². The monoisotopic (exact) mass is 368 g/mol. The summed E-state index contributed by atoms with van der Waals surface area (Å²) in [6.07, 6.45) is 1.52. The smallest absolute Gasteiger partial charge is 0.243 e. The molecule has 22 heavy (non-hydrogen) atoms. The van der Waals surface area contributed by atoms with Gasteiger partial charge in [0.1, 0.15) is 0 Å². The van der Waals surface area contributed by atoms with Crippen LogP contribution < -0.4 is 5.73 Å². The third-order valence-corrected chi connectivity index (χ3v) is 7.20. The first-order valence-corrected chi connectivity index (χ1v) is 9.95. The van der Waals surface area contributed by atoms with E-state index < -0.39 is 19.9 Å². The van der Waals surface area contributed by atoms with Crippen LogP contribution in [0.5, 0.6) is 0 Å². The highest BCUT2D eigenvalue weighted by molar-refractivity contribution is 7.91. The highest BCUT2D eigenvalue weighted by Crippen LogP contribution is 2.23. The molecule has 1 unspecified atom stereocenters. The number of nitrogens with zero attached hydrogens (tertiary/aromatic N) is 1. The third kappa shape index (κ3) is 3.99. The van der Waals surface area contributed by atoms with Crippen LogP contribution in [0.4, 0.5) is 0 Å². The van der Waals surface area contributed by atoms with Crippen molar-refractivity contribution in [2.45, 2.75) is 35.6 Å². The summed E-state index contributed by atoms with van der Waals surface area (Å²) in [6.45, 7) is 2.22. The minimum absolute atomic E-state index is 0. The lowest BCUT2D eigenvalue weighted by molar-refractivity contribution is 0.316. The first kappa shape index (κ1) is 19.4. The van der Waals surface area contributed by atoms with E-state index in [0.29, 0.717) is 13.0 Å². The molecule has 1 atom stereocenters. The Hall–Kier alpha value is -0.670. The molecule has 126 valence electrons. The second-order valence-electron chi connectivity index (χ2n) is 5.14. The Morgan fingerprint density at radius 2 is 1.86 bits per heavy atom. The number of sulfonamides is 1. The third-order valence-electron chi connectivity index (χ3n) is 3.60. The standard InChI is InChI=1S/C13H20N2O4S2.ClH/c1-2-20(16,17)12-6-3-7-13(9-12)21(18,19)15-8-4-5-11(14)10-15;/h3,6-7,9,11H,2,4-5,8,10,14H2,1H3;1H. The van der Waals surface area contributed by atoms with Crippen molar-refractivity contribution in [3.8, 4) is 0 Å². The van der Waals surface area contributed by atoms with E-state index in [1.54, 1.807) is 0 Å². The number of hydrogen-bond acceptors (Lipinski definition) is 5. The van der Waals surface area contributed by atoms with Crippen LogP contribution in [0, 0.1) is 0 Å². The molecule has 1 heterocycles. The van der Waals surface area contributed by atoms with Crippen molar-refractivity contribution in [1.82, 2.24) is 4.31 Å². The van der Waals surface area contributed by atoms with Crippen molar-refractivity contribution in [1.29, 1.82) is 0 Å². The Bertz CT molecular complexity index is 719.